The molecule has 0 spiro atoms. The molecule has 130 valence electrons. The minimum absolute atomic E-state index is 0.0324. The molecule has 6 nitrogen and oxygen atoms in total. The molecule has 4 rings (SSSR count). The summed E-state index contributed by atoms with van der Waals surface area (Å²) in [5.41, 5.74) is 1.70. The molecular formula is C19H16N4O2S. The number of aromatic nitrogens is 4. The van der Waals surface area contributed by atoms with E-state index >= 15 is 0 Å². The van der Waals surface area contributed by atoms with Gasteiger partial charge < -0.3 is 0 Å². The Balaban J connectivity index is 1.72. The van der Waals surface area contributed by atoms with Crippen molar-refractivity contribution in [3.63, 3.8) is 0 Å². The molecule has 0 radical (unpaired) electrons. The number of benzene rings is 1. The van der Waals surface area contributed by atoms with E-state index in [1.165, 1.54) is 17.1 Å². The van der Waals surface area contributed by atoms with Crippen molar-refractivity contribution in [1.29, 1.82) is 0 Å². The Morgan fingerprint density at radius 1 is 1.19 bits per heavy atom. The summed E-state index contributed by atoms with van der Waals surface area (Å²) in [6, 6.07) is 11.4. The number of hydrogen-bond acceptors (Lipinski definition) is 5. The van der Waals surface area contributed by atoms with E-state index in [2.05, 4.69) is 10.1 Å². The van der Waals surface area contributed by atoms with Crippen molar-refractivity contribution in [2.75, 3.05) is 0 Å². The summed E-state index contributed by atoms with van der Waals surface area (Å²) in [5.74, 6) is -0.0921. The number of thiophene rings is 1. The van der Waals surface area contributed by atoms with Crippen LogP contribution in [0.25, 0.3) is 16.7 Å². The van der Waals surface area contributed by atoms with E-state index in [4.69, 9.17) is 0 Å². The van der Waals surface area contributed by atoms with Gasteiger partial charge in [-0.25, -0.2) is 9.67 Å². The normalized spacial score (nSPS) is 11.2. The fraction of sp³-hybridized carbons (Fsp3) is 0.158. The van der Waals surface area contributed by atoms with E-state index in [1.54, 1.807) is 16.0 Å². The molecule has 0 aliphatic rings. The lowest BCUT2D eigenvalue weighted by Gasteiger charge is -2.06. The van der Waals surface area contributed by atoms with E-state index in [0.717, 1.165) is 15.4 Å². The lowest BCUT2D eigenvalue weighted by Crippen LogP contribution is -2.24. The van der Waals surface area contributed by atoms with Crippen molar-refractivity contribution in [2.45, 2.75) is 20.4 Å². The molecule has 1 aromatic carbocycles. The smallest absolute Gasteiger partial charge is 0.264 e. The molecule has 0 aliphatic heterocycles. The van der Waals surface area contributed by atoms with E-state index in [0.29, 0.717) is 16.6 Å². The SMILES string of the molecule is Cc1cc(C(=O)Cn2cnc3c(cnn3-c3ccccc3)c2=O)c(C)s1. The van der Waals surface area contributed by atoms with Crippen molar-refractivity contribution in [2.24, 2.45) is 0 Å². The number of carbonyl (C=O) groups is 1. The van der Waals surface area contributed by atoms with Crippen LogP contribution in [0.15, 0.2) is 53.7 Å². The summed E-state index contributed by atoms with van der Waals surface area (Å²) in [7, 11) is 0. The highest BCUT2D eigenvalue weighted by Crippen LogP contribution is 2.21. The molecule has 0 saturated heterocycles. The maximum atomic E-state index is 12.8. The van der Waals surface area contributed by atoms with Crippen molar-refractivity contribution < 1.29 is 4.79 Å². The highest BCUT2D eigenvalue weighted by atomic mass is 32.1. The zero-order chi connectivity index (χ0) is 18.3. The highest BCUT2D eigenvalue weighted by molar-refractivity contribution is 7.12. The van der Waals surface area contributed by atoms with Crippen molar-refractivity contribution >= 4 is 28.2 Å². The van der Waals surface area contributed by atoms with Gasteiger partial charge in [0.15, 0.2) is 11.4 Å². The summed E-state index contributed by atoms with van der Waals surface area (Å²) in [6.07, 6.45) is 2.91. The van der Waals surface area contributed by atoms with Gasteiger partial charge in [-0.15, -0.1) is 11.3 Å². The first-order valence-electron chi connectivity index (χ1n) is 8.13. The summed E-state index contributed by atoms with van der Waals surface area (Å²) < 4.78 is 2.96. The first-order chi connectivity index (χ1) is 12.5. The van der Waals surface area contributed by atoms with Crippen LogP contribution < -0.4 is 5.56 Å². The molecule has 0 amide bonds. The van der Waals surface area contributed by atoms with Crippen molar-refractivity contribution in [3.8, 4) is 5.69 Å². The van der Waals surface area contributed by atoms with Gasteiger partial charge in [-0.1, -0.05) is 18.2 Å². The summed E-state index contributed by atoms with van der Waals surface area (Å²) >= 11 is 1.58. The molecule has 0 atom stereocenters. The van der Waals surface area contributed by atoms with Crippen LogP contribution in [-0.4, -0.2) is 25.1 Å². The van der Waals surface area contributed by atoms with Crippen LogP contribution in [-0.2, 0) is 6.54 Å². The average molecular weight is 364 g/mol. The predicted molar refractivity (Wildman–Crippen MR) is 101 cm³/mol. The first-order valence-corrected chi connectivity index (χ1v) is 8.95. The molecule has 26 heavy (non-hydrogen) atoms. The van der Waals surface area contributed by atoms with E-state index in [-0.39, 0.29) is 17.9 Å². The Bertz CT molecular complexity index is 1170. The molecular weight excluding hydrogens is 348 g/mol. The number of fused-ring (bicyclic) bond motifs is 1. The third kappa shape index (κ3) is 2.76. The minimum Gasteiger partial charge on any atom is -0.292 e. The van der Waals surface area contributed by atoms with Crippen LogP contribution in [0.4, 0.5) is 0 Å². The number of ketones is 1. The number of para-hydroxylation sites is 1. The highest BCUT2D eigenvalue weighted by Gasteiger charge is 2.16. The number of hydrogen-bond donors (Lipinski definition) is 0. The lowest BCUT2D eigenvalue weighted by molar-refractivity contribution is 0.0970. The van der Waals surface area contributed by atoms with Gasteiger partial charge in [-0.05, 0) is 32.0 Å². The Morgan fingerprint density at radius 3 is 2.65 bits per heavy atom. The van der Waals surface area contributed by atoms with Crippen LogP contribution in [0.5, 0.6) is 0 Å². The van der Waals surface area contributed by atoms with Crippen LogP contribution in [0.2, 0.25) is 0 Å². The zero-order valence-electron chi connectivity index (χ0n) is 14.3. The number of aryl methyl sites for hydroxylation is 2. The molecule has 0 saturated carbocycles. The van der Waals surface area contributed by atoms with Crippen LogP contribution in [0.1, 0.15) is 20.1 Å². The van der Waals surface area contributed by atoms with Gasteiger partial charge in [0.05, 0.1) is 18.4 Å². The molecule has 0 aliphatic carbocycles. The van der Waals surface area contributed by atoms with Gasteiger partial charge in [-0.2, -0.15) is 5.10 Å². The van der Waals surface area contributed by atoms with E-state index in [1.807, 2.05) is 50.2 Å². The van der Waals surface area contributed by atoms with Gasteiger partial charge in [0.2, 0.25) is 0 Å². The van der Waals surface area contributed by atoms with Crippen molar-refractivity contribution in [3.05, 3.63) is 74.6 Å². The first kappa shape index (κ1) is 16.4. The monoisotopic (exact) mass is 364 g/mol. The predicted octanol–water partition coefficient (Wildman–Crippen LogP) is 3.14. The Labute approximate surface area is 153 Å². The Kier molecular flexibility index (Phi) is 4.00. The third-order valence-corrected chi connectivity index (χ3v) is 5.18. The molecule has 0 N–H and O–H groups in total. The van der Waals surface area contributed by atoms with Crippen LogP contribution in [0.3, 0.4) is 0 Å². The molecule has 4 aromatic rings. The number of nitrogens with zero attached hydrogens (tertiary/aromatic N) is 4. The molecule has 3 heterocycles. The summed E-state index contributed by atoms with van der Waals surface area (Å²) in [6.45, 7) is 3.85. The number of Topliss-reactive ketones (excluding diaryl/α,β-unsaturated/α-hetero) is 1. The molecule has 7 heteroatoms. The minimum atomic E-state index is -0.268. The van der Waals surface area contributed by atoms with Crippen LogP contribution in [0, 0.1) is 13.8 Å². The second-order valence-electron chi connectivity index (χ2n) is 6.06. The van der Waals surface area contributed by atoms with Gasteiger partial charge >= 0.3 is 0 Å². The molecule has 0 bridgehead atoms. The zero-order valence-corrected chi connectivity index (χ0v) is 15.2. The quantitative estimate of drug-likeness (QED) is 0.522. The average Bonchev–Trinajstić information content (AvgIpc) is 3.21. The molecule has 0 fully saturated rings. The molecule has 0 unspecified atom stereocenters. The van der Waals surface area contributed by atoms with Gasteiger partial charge in [0.1, 0.15) is 11.7 Å². The van der Waals surface area contributed by atoms with Gasteiger partial charge in [0.25, 0.3) is 5.56 Å². The maximum absolute atomic E-state index is 12.8. The summed E-state index contributed by atoms with van der Waals surface area (Å²) in [5, 5.41) is 4.67. The van der Waals surface area contributed by atoms with Gasteiger partial charge in [0, 0.05) is 15.3 Å². The number of carbonyl (C=O) groups excluding carboxylic acids is 1. The van der Waals surface area contributed by atoms with Gasteiger partial charge in [-0.3, -0.25) is 14.2 Å². The van der Waals surface area contributed by atoms with E-state index in [9.17, 15) is 9.59 Å². The third-order valence-electron chi connectivity index (χ3n) is 4.21. The van der Waals surface area contributed by atoms with E-state index < -0.39 is 0 Å². The molecule has 3 aromatic heterocycles. The second-order valence-corrected chi connectivity index (χ2v) is 7.52. The topological polar surface area (TPSA) is 69.8 Å². The standard InChI is InChI=1S/C19H16N4O2S/c1-12-8-15(13(2)26-12)17(24)10-22-11-20-18-16(19(22)25)9-21-23(18)14-6-4-3-5-7-14/h3-9,11H,10H2,1-2H3. The largest absolute Gasteiger partial charge is 0.292 e. The fourth-order valence-electron chi connectivity index (χ4n) is 2.97. The van der Waals surface area contributed by atoms with Crippen LogP contribution >= 0.6 is 11.3 Å². The fourth-order valence-corrected chi connectivity index (χ4v) is 3.91. The second kappa shape index (κ2) is 6.34. The Morgan fingerprint density at radius 2 is 1.96 bits per heavy atom. The number of rotatable bonds is 4. The lowest BCUT2D eigenvalue weighted by atomic mass is 10.1. The summed E-state index contributed by atoms with van der Waals surface area (Å²) in [4.78, 5) is 31.7. The van der Waals surface area contributed by atoms with Crippen molar-refractivity contribution in [1.82, 2.24) is 19.3 Å². The Hall–Kier alpha value is -3.06. The maximum Gasteiger partial charge on any atom is 0.264 e.